The molecule has 0 spiro atoms. The summed E-state index contributed by atoms with van der Waals surface area (Å²) < 4.78 is 56.4. The number of nitrogens with two attached hydrogens (primary N) is 1. The van der Waals surface area contributed by atoms with E-state index < -0.39 is 83.7 Å². The molecule has 0 aromatic carbocycles. The number of aliphatic hydroxyl groups excluding tert-OH is 2. The molecule has 392 valence electrons. The first-order valence-electron chi connectivity index (χ1n) is 24.6. The molecule has 0 radical (unpaired) electrons. The van der Waals surface area contributed by atoms with E-state index in [0.29, 0.717) is 12.8 Å². The van der Waals surface area contributed by atoms with Crippen molar-refractivity contribution in [3.63, 3.8) is 0 Å². The Morgan fingerprint density at radius 3 is 1.97 bits per heavy atom. The Labute approximate surface area is 407 Å². The number of ether oxygens (including phenoxy) is 3. The summed E-state index contributed by atoms with van der Waals surface area (Å²) in [7, 11) is -10.9. The number of allylic oxidation sites excluding steroid dienone is 8. The molecule has 2 rings (SSSR count). The summed E-state index contributed by atoms with van der Waals surface area (Å²) in [5.74, 6) is -1.79. The van der Waals surface area contributed by atoms with E-state index in [-0.39, 0.29) is 37.3 Å². The summed E-state index contributed by atoms with van der Waals surface area (Å²) in [4.78, 5) is 74.1. The fourth-order valence-electron chi connectivity index (χ4n) is 7.03. The molecule has 69 heavy (non-hydrogen) atoms. The van der Waals surface area contributed by atoms with Gasteiger partial charge in [-0.1, -0.05) is 146 Å². The van der Waals surface area contributed by atoms with E-state index in [2.05, 4.69) is 41.4 Å². The number of unbranched alkanes of at least 4 members (excludes halogenated alkanes) is 15. The van der Waals surface area contributed by atoms with Crippen molar-refractivity contribution in [3.05, 3.63) is 71.4 Å². The van der Waals surface area contributed by atoms with Crippen LogP contribution < -0.4 is 11.4 Å². The third-order valence-corrected chi connectivity index (χ3v) is 13.5. The standard InChI is InChI=1S/C48H79N3O16P2/c1-3-5-7-9-11-13-15-17-19-21-23-25-27-30-39(52)31-29-33-44(54)65-40(36-62-43(53)32-28-26-24-22-20-18-16-14-12-10-8-6-4-2)37-63-68(58,59)67-69(60,61)64-38-41-45(55)46(56)47(66-41)51-35-34-42(49)50-48(51)57/h11,13,17,19,23,25,27,30,34-35,40-41,45-47,55-56H,3-10,12,14-16,18,20-22,24,26,28-29,31-33,36-38H2,1-2H3,(H,58,59)(H,60,61)(H2,49,50,57)/b13-11-,19-17-,25-23-,30-27+/t40-,41-,45-,46-,47-/m1/s1. The molecule has 1 aromatic rings. The molecule has 2 unspecified atom stereocenters. The van der Waals surface area contributed by atoms with Crippen LogP contribution >= 0.6 is 15.6 Å². The van der Waals surface area contributed by atoms with Gasteiger partial charge in [0.15, 0.2) is 18.1 Å². The van der Waals surface area contributed by atoms with Crippen LogP contribution in [0.1, 0.15) is 168 Å². The van der Waals surface area contributed by atoms with Gasteiger partial charge in [0.1, 0.15) is 30.7 Å². The van der Waals surface area contributed by atoms with E-state index >= 15 is 0 Å². The van der Waals surface area contributed by atoms with Gasteiger partial charge in [-0.25, -0.2) is 13.9 Å². The second-order valence-corrected chi connectivity index (χ2v) is 20.0. The number of carbonyl (C=O) groups is 3. The summed E-state index contributed by atoms with van der Waals surface area (Å²) in [6.45, 7) is 1.88. The van der Waals surface area contributed by atoms with Gasteiger partial charge in [-0.15, -0.1) is 0 Å². The van der Waals surface area contributed by atoms with Crippen LogP contribution in [-0.4, -0.2) is 91.5 Å². The smallest absolute Gasteiger partial charge is 0.462 e. The van der Waals surface area contributed by atoms with Gasteiger partial charge in [-0.3, -0.25) is 28.0 Å². The zero-order valence-corrected chi connectivity index (χ0v) is 42.4. The van der Waals surface area contributed by atoms with Crippen LogP contribution in [0.15, 0.2) is 65.7 Å². The molecule has 6 N–H and O–H groups in total. The lowest BCUT2D eigenvalue weighted by Gasteiger charge is -2.21. The lowest BCUT2D eigenvalue weighted by atomic mass is 10.0. The van der Waals surface area contributed by atoms with E-state index in [4.69, 9.17) is 29.0 Å². The lowest BCUT2D eigenvalue weighted by molar-refractivity contribution is -0.161. The topological polar surface area (TPSA) is 283 Å². The predicted molar refractivity (Wildman–Crippen MR) is 261 cm³/mol. The van der Waals surface area contributed by atoms with Crippen LogP contribution in [0.4, 0.5) is 5.82 Å². The van der Waals surface area contributed by atoms with Crippen LogP contribution in [-0.2, 0) is 51.1 Å². The number of hydrogen-bond acceptors (Lipinski definition) is 16. The van der Waals surface area contributed by atoms with E-state index in [1.807, 2.05) is 12.2 Å². The molecule has 0 aliphatic carbocycles. The summed E-state index contributed by atoms with van der Waals surface area (Å²) in [5, 5.41) is 20.9. The van der Waals surface area contributed by atoms with E-state index in [9.17, 15) is 48.3 Å². The van der Waals surface area contributed by atoms with Gasteiger partial charge >= 0.3 is 33.3 Å². The van der Waals surface area contributed by atoms with Crippen LogP contribution in [0.3, 0.4) is 0 Å². The van der Waals surface area contributed by atoms with E-state index in [1.54, 1.807) is 12.2 Å². The first kappa shape index (κ1) is 61.5. The highest BCUT2D eigenvalue weighted by atomic mass is 31.3. The highest BCUT2D eigenvalue weighted by Crippen LogP contribution is 2.60. The molecule has 1 fully saturated rings. The van der Waals surface area contributed by atoms with Crippen molar-refractivity contribution in [1.82, 2.24) is 9.55 Å². The number of ketones is 1. The van der Waals surface area contributed by atoms with Crippen LogP contribution in [0.2, 0.25) is 0 Å². The minimum absolute atomic E-state index is 0.0182. The van der Waals surface area contributed by atoms with Crippen molar-refractivity contribution in [3.8, 4) is 0 Å². The third kappa shape index (κ3) is 29.4. The van der Waals surface area contributed by atoms with E-state index in [0.717, 1.165) is 49.3 Å². The second kappa shape index (κ2) is 36.3. The zero-order chi connectivity index (χ0) is 50.8. The van der Waals surface area contributed by atoms with Gasteiger partial charge in [-0.05, 0) is 50.7 Å². The number of anilines is 1. The number of phosphoric acid groups is 2. The Hall–Kier alpha value is -3.61. The Balaban J connectivity index is 1.87. The molecular formula is C48H79N3O16P2. The quantitative estimate of drug-likeness (QED) is 0.0102. The number of rotatable bonds is 40. The van der Waals surface area contributed by atoms with Crippen molar-refractivity contribution in [2.45, 2.75) is 192 Å². The number of aromatic nitrogens is 2. The van der Waals surface area contributed by atoms with Crippen LogP contribution in [0, 0.1) is 0 Å². The maximum absolute atomic E-state index is 12.8. The Morgan fingerprint density at radius 2 is 1.32 bits per heavy atom. The number of aliphatic hydroxyl groups is 2. The Kier molecular flexibility index (Phi) is 32.4. The monoisotopic (exact) mass is 1020 g/mol. The highest BCUT2D eigenvalue weighted by molar-refractivity contribution is 7.61. The zero-order valence-electron chi connectivity index (χ0n) is 40.6. The van der Waals surface area contributed by atoms with Crippen molar-refractivity contribution >= 4 is 39.2 Å². The van der Waals surface area contributed by atoms with Gasteiger partial charge < -0.3 is 39.9 Å². The number of nitrogens with zero attached hydrogens (tertiary/aromatic N) is 2. The number of nitrogen functional groups attached to an aromatic ring is 1. The summed E-state index contributed by atoms with van der Waals surface area (Å²) in [5.41, 5.74) is 4.56. The average molecular weight is 1020 g/mol. The minimum atomic E-state index is -5.48. The van der Waals surface area contributed by atoms with Gasteiger partial charge in [0.05, 0.1) is 13.2 Å². The highest BCUT2D eigenvalue weighted by Gasteiger charge is 2.46. The van der Waals surface area contributed by atoms with Gasteiger partial charge in [0.2, 0.25) is 0 Å². The number of carbonyl (C=O) groups excluding carboxylic acids is 3. The van der Waals surface area contributed by atoms with Crippen molar-refractivity contribution < 1.29 is 71.1 Å². The number of phosphoric ester groups is 2. The van der Waals surface area contributed by atoms with E-state index in [1.165, 1.54) is 82.8 Å². The Morgan fingerprint density at radius 1 is 0.739 bits per heavy atom. The van der Waals surface area contributed by atoms with Crippen molar-refractivity contribution in [1.29, 1.82) is 0 Å². The SMILES string of the molecule is CCCCC/C=C\C/C=C\C/C=C\C=C\C(=O)CCCC(=O)O[C@H](COC(=O)CCCCCCCCCCCCCCC)COP(=O)(O)OP(=O)(O)OC[C@H]1O[C@@H](n2ccc(N)nc2=O)[C@H](O)[C@@H]1O. The summed E-state index contributed by atoms with van der Waals surface area (Å²) in [6, 6.07) is 1.23. The first-order chi connectivity index (χ1) is 33.1. The minimum Gasteiger partial charge on any atom is -0.462 e. The second-order valence-electron chi connectivity index (χ2n) is 17.0. The van der Waals surface area contributed by atoms with Crippen LogP contribution in [0.5, 0.6) is 0 Å². The fourth-order valence-corrected chi connectivity index (χ4v) is 9.14. The predicted octanol–water partition coefficient (Wildman–Crippen LogP) is 8.96. The molecule has 0 saturated carbocycles. The molecule has 7 atom stereocenters. The van der Waals surface area contributed by atoms with Crippen LogP contribution in [0.25, 0.3) is 0 Å². The molecule has 19 nitrogen and oxygen atoms in total. The summed E-state index contributed by atoms with van der Waals surface area (Å²) >= 11 is 0. The molecular weight excluding hydrogens is 936 g/mol. The lowest BCUT2D eigenvalue weighted by Crippen LogP contribution is -2.36. The Bertz CT molecular complexity index is 1910. The average Bonchev–Trinajstić information content (AvgIpc) is 3.58. The fraction of sp³-hybridized carbons (Fsp3) is 0.688. The summed E-state index contributed by atoms with van der Waals surface area (Å²) in [6.07, 6.45) is 29.2. The number of esters is 2. The molecule has 0 amide bonds. The molecule has 1 aromatic heterocycles. The van der Waals surface area contributed by atoms with Gasteiger partial charge in [0, 0.05) is 25.5 Å². The largest absolute Gasteiger partial charge is 0.481 e. The molecule has 1 saturated heterocycles. The molecule has 0 bridgehead atoms. The maximum atomic E-state index is 12.8. The number of hydrogen-bond donors (Lipinski definition) is 5. The first-order valence-corrected chi connectivity index (χ1v) is 27.6. The molecule has 1 aliphatic rings. The molecule has 1 aliphatic heterocycles. The van der Waals surface area contributed by atoms with Gasteiger partial charge in [0.25, 0.3) is 0 Å². The maximum Gasteiger partial charge on any atom is 0.481 e. The van der Waals surface area contributed by atoms with Gasteiger partial charge in [-0.2, -0.15) is 9.29 Å². The normalized spacial score (nSPS) is 19.7. The van der Waals surface area contributed by atoms with Crippen molar-refractivity contribution in [2.24, 2.45) is 0 Å². The molecule has 21 heteroatoms. The van der Waals surface area contributed by atoms with Crippen molar-refractivity contribution in [2.75, 3.05) is 25.6 Å². The molecule has 2 heterocycles. The third-order valence-electron chi connectivity index (χ3n) is 10.9.